The smallest absolute Gasteiger partial charge is 0.311 e. The number of ether oxygens (including phenoxy) is 1. The van der Waals surface area contributed by atoms with E-state index in [4.69, 9.17) is 4.74 Å². The first-order valence-corrected chi connectivity index (χ1v) is 14.4. The molecule has 0 N–H and O–H groups in total. The number of carbonyl (C=O) groups excluding carboxylic acids is 1. The maximum absolute atomic E-state index is 12.2. The molecule has 1 aliphatic carbocycles. The normalized spacial score (nSPS) is 13.6. The van der Waals surface area contributed by atoms with Crippen LogP contribution in [0.5, 0.6) is 5.75 Å². The molecule has 2 aromatic carbocycles. The van der Waals surface area contributed by atoms with Crippen molar-refractivity contribution in [1.29, 1.82) is 0 Å². The number of hydrogen-bond acceptors (Lipinski definition) is 4. The van der Waals surface area contributed by atoms with Gasteiger partial charge in [0.05, 0.1) is 12.4 Å². The summed E-state index contributed by atoms with van der Waals surface area (Å²) in [4.78, 5) is 21.0. The number of hydrogen-bond donors (Lipinski definition) is 0. The van der Waals surface area contributed by atoms with Crippen LogP contribution in [-0.2, 0) is 11.2 Å². The SMILES string of the molecule is CCCCCc1ccc(-c2ccc(-c3ncc(OC(=O)CCCCCCC4CCCC4)cn3)cc2)cc1. The van der Waals surface area contributed by atoms with Gasteiger partial charge in [-0.3, -0.25) is 4.79 Å². The summed E-state index contributed by atoms with van der Waals surface area (Å²) in [6.07, 6.45) is 20.1. The molecule has 1 aromatic heterocycles. The summed E-state index contributed by atoms with van der Waals surface area (Å²) in [5.74, 6) is 1.79. The molecular formula is C33H42N2O2. The van der Waals surface area contributed by atoms with Crippen LogP contribution >= 0.6 is 0 Å². The van der Waals surface area contributed by atoms with Crippen molar-refractivity contribution in [2.24, 2.45) is 5.92 Å². The second-order valence-corrected chi connectivity index (χ2v) is 10.6. The minimum atomic E-state index is -0.201. The minimum absolute atomic E-state index is 0.201. The van der Waals surface area contributed by atoms with Gasteiger partial charge in [-0.15, -0.1) is 0 Å². The Hall–Kier alpha value is -3.01. The lowest BCUT2D eigenvalue weighted by Gasteiger charge is -2.08. The molecule has 0 bridgehead atoms. The fourth-order valence-electron chi connectivity index (χ4n) is 5.31. The van der Waals surface area contributed by atoms with E-state index in [0.717, 1.165) is 30.7 Å². The maximum Gasteiger partial charge on any atom is 0.311 e. The number of aryl methyl sites for hydroxylation is 1. The molecule has 0 atom stereocenters. The Morgan fingerprint density at radius 1 is 0.784 bits per heavy atom. The number of nitrogens with zero attached hydrogens (tertiary/aromatic N) is 2. The largest absolute Gasteiger partial charge is 0.423 e. The minimum Gasteiger partial charge on any atom is -0.423 e. The molecule has 3 aromatic rings. The van der Waals surface area contributed by atoms with Gasteiger partial charge in [0.25, 0.3) is 0 Å². The summed E-state index contributed by atoms with van der Waals surface area (Å²) in [6, 6.07) is 17.2. The molecular weight excluding hydrogens is 456 g/mol. The zero-order chi connectivity index (χ0) is 25.7. The predicted octanol–water partition coefficient (Wildman–Crippen LogP) is 8.98. The van der Waals surface area contributed by atoms with Crippen LogP contribution in [0.2, 0.25) is 0 Å². The summed E-state index contributed by atoms with van der Waals surface area (Å²) in [7, 11) is 0. The Morgan fingerprint density at radius 2 is 1.41 bits per heavy atom. The molecule has 1 aliphatic rings. The van der Waals surface area contributed by atoms with Crippen molar-refractivity contribution in [2.75, 3.05) is 0 Å². The maximum atomic E-state index is 12.2. The standard InChI is InChI=1S/C33H42N2O2/c1-2-3-6-11-27-16-18-28(19-17-27)29-20-22-30(23-21-29)33-34-24-31(25-35-33)37-32(36)15-8-5-4-7-12-26-13-9-10-14-26/h16-26H,2-15H2,1H3. The molecule has 1 saturated carbocycles. The van der Waals surface area contributed by atoms with Gasteiger partial charge in [-0.1, -0.05) is 120 Å². The van der Waals surface area contributed by atoms with Gasteiger partial charge < -0.3 is 4.74 Å². The number of esters is 1. The summed E-state index contributed by atoms with van der Waals surface area (Å²) in [6.45, 7) is 2.24. The first kappa shape index (κ1) is 27.0. The molecule has 0 amide bonds. The third-order valence-electron chi connectivity index (χ3n) is 7.58. The van der Waals surface area contributed by atoms with E-state index in [0.29, 0.717) is 18.0 Å². The quantitative estimate of drug-likeness (QED) is 0.164. The molecule has 37 heavy (non-hydrogen) atoms. The van der Waals surface area contributed by atoms with Gasteiger partial charge in [0.2, 0.25) is 0 Å². The molecule has 0 radical (unpaired) electrons. The van der Waals surface area contributed by atoms with Gasteiger partial charge in [-0.25, -0.2) is 9.97 Å². The summed E-state index contributed by atoms with van der Waals surface area (Å²) in [5, 5.41) is 0. The lowest BCUT2D eigenvalue weighted by Crippen LogP contribution is -2.08. The van der Waals surface area contributed by atoms with E-state index in [1.54, 1.807) is 12.4 Å². The molecule has 0 aliphatic heterocycles. The van der Waals surface area contributed by atoms with Crippen LogP contribution in [0.4, 0.5) is 0 Å². The van der Waals surface area contributed by atoms with Gasteiger partial charge in [-0.05, 0) is 41.9 Å². The number of carbonyl (C=O) groups is 1. The van der Waals surface area contributed by atoms with Crippen molar-refractivity contribution >= 4 is 5.97 Å². The zero-order valence-electron chi connectivity index (χ0n) is 22.5. The topological polar surface area (TPSA) is 52.1 Å². The second-order valence-electron chi connectivity index (χ2n) is 10.6. The Labute approximate surface area is 222 Å². The van der Waals surface area contributed by atoms with Gasteiger partial charge in [0.15, 0.2) is 11.6 Å². The van der Waals surface area contributed by atoms with Crippen molar-refractivity contribution in [2.45, 2.75) is 96.8 Å². The molecule has 0 saturated heterocycles. The molecule has 1 heterocycles. The van der Waals surface area contributed by atoms with Crippen LogP contribution < -0.4 is 4.74 Å². The molecule has 4 nitrogen and oxygen atoms in total. The molecule has 0 unspecified atom stereocenters. The number of rotatable bonds is 14. The first-order chi connectivity index (χ1) is 18.2. The van der Waals surface area contributed by atoms with Crippen LogP contribution in [-0.4, -0.2) is 15.9 Å². The Balaban J connectivity index is 1.19. The first-order valence-electron chi connectivity index (χ1n) is 14.4. The summed E-state index contributed by atoms with van der Waals surface area (Å²) < 4.78 is 5.45. The third kappa shape index (κ3) is 8.80. The average molecular weight is 499 g/mol. The highest BCUT2D eigenvalue weighted by Gasteiger charge is 2.14. The number of unbranched alkanes of at least 4 members (excludes halogenated alkanes) is 5. The van der Waals surface area contributed by atoms with Crippen molar-refractivity contribution in [3.05, 3.63) is 66.5 Å². The number of benzene rings is 2. The number of aromatic nitrogens is 2. The van der Waals surface area contributed by atoms with E-state index in [1.807, 2.05) is 12.1 Å². The lowest BCUT2D eigenvalue weighted by molar-refractivity contribution is -0.134. The van der Waals surface area contributed by atoms with Crippen LogP contribution in [0.1, 0.15) is 96.0 Å². The van der Waals surface area contributed by atoms with Crippen LogP contribution in [0.3, 0.4) is 0 Å². The average Bonchev–Trinajstić information content (AvgIpc) is 3.45. The highest BCUT2D eigenvalue weighted by molar-refractivity contribution is 5.72. The summed E-state index contributed by atoms with van der Waals surface area (Å²) >= 11 is 0. The van der Waals surface area contributed by atoms with E-state index >= 15 is 0 Å². The molecule has 1 fully saturated rings. The van der Waals surface area contributed by atoms with Crippen molar-refractivity contribution in [3.63, 3.8) is 0 Å². The van der Waals surface area contributed by atoms with Crippen LogP contribution in [0.15, 0.2) is 60.9 Å². The molecule has 0 spiro atoms. The van der Waals surface area contributed by atoms with Crippen molar-refractivity contribution < 1.29 is 9.53 Å². The van der Waals surface area contributed by atoms with Crippen LogP contribution in [0.25, 0.3) is 22.5 Å². The van der Waals surface area contributed by atoms with E-state index in [-0.39, 0.29) is 5.97 Å². The van der Waals surface area contributed by atoms with E-state index in [2.05, 4.69) is 53.3 Å². The van der Waals surface area contributed by atoms with E-state index in [1.165, 1.54) is 80.9 Å². The fourth-order valence-corrected chi connectivity index (χ4v) is 5.31. The zero-order valence-corrected chi connectivity index (χ0v) is 22.5. The van der Waals surface area contributed by atoms with Crippen molar-refractivity contribution in [1.82, 2.24) is 9.97 Å². The van der Waals surface area contributed by atoms with Crippen molar-refractivity contribution in [3.8, 4) is 28.3 Å². The predicted molar refractivity (Wildman–Crippen MR) is 151 cm³/mol. The molecule has 4 heteroatoms. The van der Waals surface area contributed by atoms with E-state index < -0.39 is 0 Å². The molecule has 4 rings (SSSR count). The van der Waals surface area contributed by atoms with Gasteiger partial charge in [0.1, 0.15) is 0 Å². The lowest BCUT2D eigenvalue weighted by atomic mass is 9.99. The van der Waals surface area contributed by atoms with Gasteiger partial charge >= 0.3 is 5.97 Å². The van der Waals surface area contributed by atoms with Gasteiger partial charge in [-0.2, -0.15) is 0 Å². The Bertz CT molecular complexity index is 1070. The highest BCUT2D eigenvalue weighted by atomic mass is 16.5. The third-order valence-corrected chi connectivity index (χ3v) is 7.58. The Morgan fingerprint density at radius 3 is 2.08 bits per heavy atom. The molecule has 196 valence electrons. The van der Waals surface area contributed by atoms with Crippen LogP contribution in [0, 0.1) is 5.92 Å². The second kappa shape index (κ2) is 14.7. The van der Waals surface area contributed by atoms with Gasteiger partial charge in [0, 0.05) is 12.0 Å². The Kier molecular flexibility index (Phi) is 10.7. The fraction of sp³-hybridized carbons (Fsp3) is 0.485. The highest BCUT2D eigenvalue weighted by Crippen LogP contribution is 2.29. The van der Waals surface area contributed by atoms with E-state index in [9.17, 15) is 4.79 Å². The monoisotopic (exact) mass is 498 g/mol. The summed E-state index contributed by atoms with van der Waals surface area (Å²) in [5.41, 5.74) is 4.73.